The average Bonchev–Trinajstić information content (AvgIpc) is 2.94. The van der Waals surface area contributed by atoms with Crippen LogP contribution in [0, 0.1) is 17.8 Å². The number of allylic oxidation sites excluding steroid dienone is 2. The van der Waals surface area contributed by atoms with Crippen molar-refractivity contribution in [2.45, 2.75) is 123 Å². The van der Waals surface area contributed by atoms with Crippen LogP contribution in [0.2, 0.25) is 0 Å². The van der Waals surface area contributed by atoms with Gasteiger partial charge in [0.1, 0.15) is 5.78 Å². The van der Waals surface area contributed by atoms with E-state index in [0.717, 1.165) is 38.5 Å². The van der Waals surface area contributed by atoms with Crippen LogP contribution >= 0.6 is 0 Å². The first-order valence-corrected chi connectivity index (χ1v) is 12.1. The molecule has 1 aliphatic carbocycles. The van der Waals surface area contributed by atoms with E-state index in [1.807, 2.05) is 13.8 Å². The molecule has 4 heteroatoms. The summed E-state index contributed by atoms with van der Waals surface area (Å²) >= 11 is 0. The monoisotopic (exact) mass is 410 g/mol. The highest BCUT2D eigenvalue weighted by molar-refractivity contribution is 5.80. The Bertz CT molecular complexity index is 460. The SMILES string of the molecule is CCCCCCC[C@H](O)CC[C@@H]1[C@@H](C/C=C\CCCC(=O)C(C)C)[C@@H](O)C[C@H]1O. The Morgan fingerprint density at radius 2 is 1.66 bits per heavy atom. The van der Waals surface area contributed by atoms with E-state index in [0.29, 0.717) is 25.0 Å². The highest BCUT2D eigenvalue weighted by Crippen LogP contribution is 2.38. The first kappa shape index (κ1) is 26.3. The lowest BCUT2D eigenvalue weighted by molar-refractivity contribution is -0.121. The molecule has 0 aliphatic heterocycles. The van der Waals surface area contributed by atoms with Crippen molar-refractivity contribution in [3.63, 3.8) is 0 Å². The molecule has 1 fully saturated rings. The second kappa shape index (κ2) is 15.1. The smallest absolute Gasteiger partial charge is 0.135 e. The van der Waals surface area contributed by atoms with Crippen molar-refractivity contribution in [1.82, 2.24) is 0 Å². The van der Waals surface area contributed by atoms with Crippen LogP contribution < -0.4 is 0 Å². The van der Waals surface area contributed by atoms with Crippen molar-refractivity contribution in [1.29, 1.82) is 0 Å². The van der Waals surface area contributed by atoms with Crippen molar-refractivity contribution < 1.29 is 20.1 Å². The Labute approximate surface area is 178 Å². The molecule has 1 rings (SSSR count). The molecule has 1 aliphatic rings. The van der Waals surface area contributed by atoms with Crippen LogP contribution in [0.15, 0.2) is 12.2 Å². The molecule has 0 aromatic rings. The van der Waals surface area contributed by atoms with Gasteiger partial charge in [-0.2, -0.15) is 0 Å². The lowest BCUT2D eigenvalue weighted by Gasteiger charge is -2.23. The molecular weight excluding hydrogens is 364 g/mol. The second-order valence-electron chi connectivity index (χ2n) is 9.35. The molecule has 0 unspecified atom stereocenters. The fourth-order valence-corrected chi connectivity index (χ4v) is 4.47. The van der Waals surface area contributed by atoms with E-state index in [9.17, 15) is 20.1 Å². The van der Waals surface area contributed by atoms with Crippen LogP contribution in [-0.4, -0.2) is 39.4 Å². The van der Waals surface area contributed by atoms with Gasteiger partial charge in [-0.3, -0.25) is 4.79 Å². The molecule has 4 nitrogen and oxygen atoms in total. The molecule has 0 saturated heterocycles. The summed E-state index contributed by atoms with van der Waals surface area (Å²) in [5.41, 5.74) is 0. The summed E-state index contributed by atoms with van der Waals surface area (Å²) in [5, 5.41) is 31.0. The number of aliphatic hydroxyl groups is 3. The molecule has 0 aromatic heterocycles. The summed E-state index contributed by atoms with van der Waals surface area (Å²) in [6, 6.07) is 0. The molecule has 0 radical (unpaired) electrons. The van der Waals surface area contributed by atoms with Crippen LogP contribution in [0.5, 0.6) is 0 Å². The number of rotatable bonds is 16. The average molecular weight is 411 g/mol. The number of Topliss-reactive ketones (excluding diaryl/α,β-unsaturated/α-hetero) is 1. The van der Waals surface area contributed by atoms with Crippen LogP contribution in [0.3, 0.4) is 0 Å². The standard InChI is InChI=1S/C25H46O4/c1-4-5-6-7-10-13-20(26)16-17-22-21(24(28)18-25(22)29)14-11-8-9-12-15-23(27)19(2)3/h8,11,19-22,24-26,28-29H,4-7,9-10,12-18H2,1-3H3/b11-8-/t20-,21+,22+,24-,25+/m0/s1. The maximum Gasteiger partial charge on any atom is 0.135 e. The van der Waals surface area contributed by atoms with Gasteiger partial charge in [-0.1, -0.05) is 65.0 Å². The third kappa shape index (κ3) is 10.8. The molecule has 0 heterocycles. The first-order valence-electron chi connectivity index (χ1n) is 12.1. The molecule has 0 aromatic carbocycles. The van der Waals surface area contributed by atoms with E-state index in [-0.39, 0.29) is 23.9 Å². The fraction of sp³-hybridized carbons (Fsp3) is 0.880. The minimum atomic E-state index is -0.469. The van der Waals surface area contributed by atoms with Gasteiger partial charge in [-0.05, 0) is 56.8 Å². The summed E-state index contributed by atoms with van der Waals surface area (Å²) in [5.74, 6) is 0.556. The van der Waals surface area contributed by atoms with Gasteiger partial charge in [0.05, 0.1) is 18.3 Å². The first-order chi connectivity index (χ1) is 13.9. The summed E-state index contributed by atoms with van der Waals surface area (Å²) in [6.07, 6.45) is 14.9. The van der Waals surface area contributed by atoms with Crippen LogP contribution in [0.25, 0.3) is 0 Å². The van der Waals surface area contributed by atoms with Gasteiger partial charge in [0.15, 0.2) is 0 Å². The number of unbranched alkanes of at least 4 members (excludes halogenated alkanes) is 5. The van der Waals surface area contributed by atoms with E-state index in [1.165, 1.54) is 25.7 Å². The van der Waals surface area contributed by atoms with Crippen molar-refractivity contribution in [3.8, 4) is 0 Å². The Morgan fingerprint density at radius 1 is 0.966 bits per heavy atom. The minimum Gasteiger partial charge on any atom is -0.393 e. The maximum absolute atomic E-state index is 11.6. The summed E-state index contributed by atoms with van der Waals surface area (Å²) < 4.78 is 0. The number of aliphatic hydroxyl groups excluding tert-OH is 3. The van der Waals surface area contributed by atoms with E-state index < -0.39 is 12.2 Å². The van der Waals surface area contributed by atoms with Crippen molar-refractivity contribution in [2.24, 2.45) is 17.8 Å². The Balaban J connectivity index is 2.31. The zero-order valence-electron chi connectivity index (χ0n) is 19.1. The van der Waals surface area contributed by atoms with Gasteiger partial charge in [0.25, 0.3) is 0 Å². The molecule has 0 bridgehead atoms. The molecule has 170 valence electrons. The van der Waals surface area contributed by atoms with Gasteiger partial charge in [0.2, 0.25) is 0 Å². The molecule has 1 saturated carbocycles. The number of hydrogen-bond donors (Lipinski definition) is 3. The van der Waals surface area contributed by atoms with Gasteiger partial charge in [-0.25, -0.2) is 0 Å². The molecule has 0 spiro atoms. The summed E-state index contributed by atoms with van der Waals surface area (Å²) in [4.78, 5) is 11.6. The minimum absolute atomic E-state index is 0.0620. The van der Waals surface area contributed by atoms with Gasteiger partial charge >= 0.3 is 0 Å². The molecule has 5 atom stereocenters. The van der Waals surface area contributed by atoms with Gasteiger partial charge in [0, 0.05) is 12.3 Å². The number of carbonyl (C=O) groups is 1. The number of carbonyl (C=O) groups excluding carboxylic acids is 1. The Kier molecular flexibility index (Phi) is 13.7. The molecular formula is C25H46O4. The lowest BCUT2D eigenvalue weighted by Crippen LogP contribution is -2.23. The fourth-order valence-electron chi connectivity index (χ4n) is 4.47. The van der Waals surface area contributed by atoms with E-state index in [2.05, 4.69) is 19.1 Å². The van der Waals surface area contributed by atoms with Gasteiger partial charge in [-0.15, -0.1) is 0 Å². The third-order valence-corrected chi connectivity index (χ3v) is 6.51. The van der Waals surface area contributed by atoms with Crippen molar-refractivity contribution >= 4 is 5.78 Å². The normalized spacial score (nSPS) is 25.9. The second-order valence-corrected chi connectivity index (χ2v) is 9.35. The molecule has 0 amide bonds. The predicted octanol–water partition coefficient (Wildman–Crippen LogP) is 5.19. The zero-order valence-corrected chi connectivity index (χ0v) is 19.1. The van der Waals surface area contributed by atoms with E-state index in [4.69, 9.17) is 0 Å². The summed E-state index contributed by atoms with van der Waals surface area (Å²) in [6.45, 7) is 6.08. The summed E-state index contributed by atoms with van der Waals surface area (Å²) in [7, 11) is 0. The Morgan fingerprint density at radius 3 is 2.34 bits per heavy atom. The topological polar surface area (TPSA) is 77.8 Å². The lowest BCUT2D eigenvalue weighted by atomic mass is 9.85. The largest absolute Gasteiger partial charge is 0.393 e. The quantitative estimate of drug-likeness (QED) is 0.242. The van der Waals surface area contributed by atoms with Crippen molar-refractivity contribution in [2.75, 3.05) is 0 Å². The maximum atomic E-state index is 11.6. The number of hydrogen-bond acceptors (Lipinski definition) is 4. The molecule has 3 N–H and O–H groups in total. The van der Waals surface area contributed by atoms with E-state index in [1.54, 1.807) is 0 Å². The van der Waals surface area contributed by atoms with Crippen LogP contribution in [0.1, 0.15) is 104 Å². The van der Waals surface area contributed by atoms with Gasteiger partial charge < -0.3 is 15.3 Å². The van der Waals surface area contributed by atoms with E-state index >= 15 is 0 Å². The number of ketones is 1. The predicted molar refractivity (Wildman–Crippen MR) is 120 cm³/mol. The van der Waals surface area contributed by atoms with Crippen molar-refractivity contribution in [3.05, 3.63) is 12.2 Å². The zero-order chi connectivity index (χ0) is 21.6. The highest BCUT2D eigenvalue weighted by atomic mass is 16.3. The Hall–Kier alpha value is -0.710. The molecule has 29 heavy (non-hydrogen) atoms. The van der Waals surface area contributed by atoms with Crippen LogP contribution in [0.4, 0.5) is 0 Å². The third-order valence-electron chi connectivity index (χ3n) is 6.51. The highest BCUT2D eigenvalue weighted by Gasteiger charge is 2.40. The van der Waals surface area contributed by atoms with Crippen LogP contribution in [-0.2, 0) is 4.79 Å².